The summed E-state index contributed by atoms with van der Waals surface area (Å²) in [6.07, 6.45) is 1.98. The summed E-state index contributed by atoms with van der Waals surface area (Å²) in [4.78, 5) is 29.0. The van der Waals surface area contributed by atoms with Crippen molar-refractivity contribution in [3.8, 4) is 11.5 Å². The summed E-state index contributed by atoms with van der Waals surface area (Å²) >= 11 is 0. The van der Waals surface area contributed by atoms with Gasteiger partial charge >= 0.3 is 0 Å². The van der Waals surface area contributed by atoms with E-state index in [-0.39, 0.29) is 23.6 Å². The van der Waals surface area contributed by atoms with E-state index in [9.17, 15) is 14.0 Å². The van der Waals surface area contributed by atoms with Crippen LogP contribution in [0.1, 0.15) is 12.8 Å². The van der Waals surface area contributed by atoms with Crippen molar-refractivity contribution in [2.45, 2.75) is 19.4 Å². The predicted molar refractivity (Wildman–Crippen MR) is 103 cm³/mol. The Morgan fingerprint density at radius 3 is 2.61 bits per heavy atom. The van der Waals surface area contributed by atoms with Gasteiger partial charge in [0.1, 0.15) is 5.82 Å². The molecule has 2 aromatic carbocycles. The number of methoxy groups -OCH3 is 2. The Balaban J connectivity index is 1.69. The molecule has 0 unspecified atom stereocenters. The van der Waals surface area contributed by atoms with E-state index in [1.54, 1.807) is 24.3 Å². The molecule has 3 rings (SSSR count). The van der Waals surface area contributed by atoms with Crippen LogP contribution < -0.4 is 20.3 Å². The van der Waals surface area contributed by atoms with E-state index >= 15 is 0 Å². The molecule has 0 fully saturated rings. The average molecular weight is 385 g/mol. The first kappa shape index (κ1) is 19.3. The number of para-hydroxylation sites is 1. The number of fused-ring (bicyclic) bond motifs is 1. The van der Waals surface area contributed by atoms with E-state index in [0.29, 0.717) is 35.4 Å². The fourth-order valence-corrected chi connectivity index (χ4v) is 2.83. The molecule has 28 heavy (non-hydrogen) atoms. The molecule has 0 bridgehead atoms. The molecule has 7 nitrogen and oxygen atoms in total. The summed E-state index contributed by atoms with van der Waals surface area (Å²) < 4.78 is 25.5. The van der Waals surface area contributed by atoms with E-state index < -0.39 is 5.82 Å². The Morgan fingerprint density at radius 2 is 1.89 bits per heavy atom. The Kier molecular flexibility index (Phi) is 5.88. The molecule has 1 N–H and O–H groups in total. The van der Waals surface area contributed by atoms with Crippen molar-refractivity contribution in [1.29, 1.82) is 0 Å². The maximum absolute atomic E-state index is 13.6. The molecule has 0 saturated heterocycles. The van der Waals surface area contributed by atoms with Crippen LogP contribution in [-0.4, -0.2) is 29.7 Å². The quantitative estimate of drug-likeness (QED) is 0.676. The number of ether oxygens (including phenoxy) is 2. The third-order valence-corrected chi connectivity index (χ3v) is 4.28. The van der Waals surface area contributed by atoms with Crippen molar-refractivity contribution in [3.05, 3.63) is 58.9 Å². The number of aromatic nitrogens is 2. The minimum Gasteiger partial charge on any atom is -0.493 e. The van der Waals surface area contributed by atoms with Gasteiger partial charge in [0.2, 0.25) is 5.91 Å². The third-order valence-electron chi connectivity index (χ3n) is 4.28. The normalized spacial score (nSPS) is 10.7. The first-order chi connectivity index (χ1) is 13.5. The van der Waals surface area contributed by atoms with Gasteiger partial charge in [0, 0.05) is 19.0 Å². The Morgan fingerprint density at radius 1 is 1.18 bits per heavy atom. The molecule has 1 heterocycles. The van der Waals surface area contributed by atoms with Gasteiger partial charge in [-0.25, -0.2) is 9.37 Å². The lowest BCUT2D eigenvalue weighted by atomic mass is 10.2. The van der Waals surface area contributed by atoms with Crippen LogP contribution in [0.15, 0.2) is 47.5 Å². The molecule has 3 aromatic rings. The highest BCUT2D eigenvalue weighted by Gasteiger charge is 2.12. The minimum absolute atomic E-state index is 0.137. The molecule has 0 aliphatic heterocycles. The monoisotopic (exact) mass is 385 g/mol. The topological polar surface area (TPSA) is 82.5 Å². The van der Waals surface area contributed by atoms with E-state index in [2.05, 4.69) is 10.3 Å². The van der Waals surface area contributed by atoms with Crippen LogP contribution in [-0.2, 0) is 11.3 Å². The van der Waals surface area contributed by atoms with E-state index in [0.717, 1.165) is 0 Å². The molecule has 0 aliphatic rings. The molecule has 1 amide bonds. The Labute approximate surface area is 160 Å². The molecule has 0 saturated carbocycles. The Bertz CT molecular complexity index is 1060. The number of aryl methyl sites for hydroxylation is 1. The lowest BCUT2D eigenvalue weighted by molar-refractivity contribution is -0.116. The van der Waals surface area contributed by atoms with Crippen molar-refractivity contribution >= 4 is 22.5 Å². The number of halogens is 1. The second-order valence-electron chi connectivity index (χ2n) is 6.10. The van der Waals surface area contributed by atoms with Crippen LogP contribution in [0, 0.1) is 5.82 Å². The zero-order chi connectivity index (χ0) is 20.1. The first-order valence-electron chi connectivity index (χ1n) is 8.69. The zero-order valence-electron chi connectivity index (χ0n) is 15.6. The summed E-state index contributed by atoms with van der Waals surface area (Å²) in [7, 11) is 3.00. The molecular weight excluding hydrogens is 365 g/mol. The number of benzene rings is 2. The molecule has 0 atom stereocenters. The van der Waals surface area contributed by atoms with Gasteiger partial charge in [0.25, 0.3) is 5.56 Å². The predicted octanol–water partition coefficient (Wildman–Crippen LogP) is 2.97. The first-order valence-corrected chi connectivity index (χ1v) is 8.69. The van der Waals surface area contributed by atoms with Gasteiger partial charge in [-0.2, -0.15) is 0 Å². The van der Waals surface area contributed by atoms with E-state index in [1.165, 1.54) is 37.2 Å². The maximum atomic E-state index is 13.6. The number of carbonyl (C=O) groups is 1. The summed E-state index contributed by atoms with van der Waals surface area (Å²) in [5.41, 5.74) is 0.398. The smallest absolute Gasteiger partial charge is 0.261 e. The van der Waals surface area contributed by atoms with Crippen LogP contribution in [0.3, 0.4) is 0 Å². The van der Waals surface area contributed by atoms with Crippen LogP contribution in [0.2, 0.25) is 0 Å². The Hall–Kier alpha value is -3.42. The molecule has 146 valence electrons. The molecular formula is C20H20FN3O4. The molecule has 0 spiro atoms. The van der Waals surface area contributed by atoms with Gasteiger partial charge in [-0.1, -0.05) is 12.1 Å². The van der Waals surface area contributed by atoms with Crippen LogP contribution in [0.25, 0.3) is 10.9 Å². The number of rotatable bonds is 7. The third kappa shape index (κ3) is 4.11. The standard InChI is InChI=1S/C20H20FN3O4/c1-27-17-10-13-16(11-18(17)28-2)22-12-24(20(13)26)9-5-8-19(25)23-15-7-4-3-6-14(15)21/h3-4,6-7,10-12H,5,8-9H2,1-2H3,(H,23,25). The SMILES string of the molecule is COc1cc2ncn(CCCC(=O)Nc3ccccc3F)c(=O)c2cc1OC. The van der Waals surface area contributed by atoms with Crippen molar-refractivity contribution in [2.24, 2.45) is 0 Å². The number of hydrogen-bond donors (Lipinski definition) is 1. The lowest BCUT2D eigenvalue weighted by Gasteiger charge is -2.11. The largest absolute Gasteiger partial charge is 0.493 e. The highest BCUT2D eigenvalue weighted by Crippen LogP contribution is 2.29. The van der Waals surface area contributed by atoms with Gasteiger partial charge in [0.15, 0.2) is 11.5 Å². The maximum Gasteiger partial charge on any atom is 0.261 e. The van der Waals surface area contributed by atoms with Crippen LogP contribution in [0.5, 0.6) is 11.5 Å². The number of anilines is 1. The van der Waals surface area contributed by atoms with Crippen molar-refractivity contribution in [1.82, 2.24) is 9.55 Å². The van der Waals surface area contributed by atoms with Gasteiger partial charge < -0.3 is 14.8 Å². The highest BCUT2D eigenvalue weighted by atomic mass is 19.1. The van der Waals surface area contributed by atoms with Gasteiger partial charge in [0.05, 0.1) is 37.1 Å². The number of nitrogens with one attached hydrogen (secondary N) is 1. The second-order valence-corrected chi connectivity index (χ2v) is 6.10. The van der Waals surface area contributed by atoms with Crippen LogP contribution in [0.4, 0.5) is 10.1 Å². The van der Waals surface area contributed by atoms with Gasteiger partial charge in [-0.05, 0) is 24.6 Å². The van der Waals surface area contributed by atoms with E-state index in [1.807, 2.05) is 0 Å². The number of amides is 1. The fourth-order valence-electron chi connectivity index (χ4n) is 2.83. The second kappa shape index (κ2) is 8.51. The summed E-state index contributed by atoms with van der Waals surface area (Å²) in [5.74, 6) is 0.119. The summed E-state index contributed by atoms with van der Waals surface area (Å²) in [5, 5.41) is 2.92. The lowest BCUT2D eigenvalue weighted by Crippen LogP contribution is -2.22. The van der Waals surface area contributed by atoms with E-state index in [4.69, 9.17) is 9.47 Å². The average Bonchev–Trinajstić information content (AvgIpc) is 2.70. The zero-order valence-corrected chi connectivity index (χ0v) is 15.6. The molecule has 0 radical (unpaired) electrons. The van der Waals surface area contributed by atoms with Gasteiger partial charge in [-0.15, -0.1) is 0 Å². The fraction of sp³-hybridized carbons (Fsp3) is 0.250. The van der Waals surface area contributed by atoms with Crippen molar-refractivity contribution in [3.63, 3.8) is 0 Å². The number of hydrogen-bond acceptors (Lipinski definition) is 5. The van der Waals surface area contributed by atoms with Gasteiger partial charge in [-0.3, -0.25) is 14.2 Å². The molecule has 1 aromatic heterocycles. The molecule has 8 heteroatoms. The van der Waals surface area contributed by atoms with Crippen molar-refractivity contribution < 1.29 is 18.7 Å². The summed E-state index contributed by atoms with van der Waals surface area (Å²) in [6, 6.07) is 9.19. The highest BCUT2D eigenvalue weighted by molar-refractivity contribution is 5.90. The number of nitrogens with zero attached hydrogens (tertiary/aromatic N) is 2. The molecule has 0 aliphatic carbocycles. The minimum atomic E-state index is -0.491. The van der Waals surface area contributed by atoms with Crippen LogP contribution >= 0.6 is 0 Å². The van der Waals surface area contributed by atoms with Crippen molar-refractivity contribution in [2.75, 3.05) is 19.5 Å². The number of carbonyl (C=O) groups excluding carboxylic acids is 1. The summed E-state index contributed by atoms with van der Waals surface area (Å²) in [6.45, 7) is 0.306.